The number of anilines is 1. The van der Waals surface area contributed by atoms with E-state index >= 15 is 0 Å². The number of alkyl halides is 3. The maximum absolute atomic E-state index is 12.4. The molecule has 1 aliphatic heterocycles. The summed E-state index contributed by atoms with van der Waals surface area (Å²) in [7, 11) is 1.81. The van der Waals surface area contributed by atoms with E-state index < -0.39 is 12.7 Å². The molecule has 0 saturated carbocycles. The monoisotopic (exact) mass is 406 g/mol. The number of aromatic nitrogens is 4. The maximum atomic E-state index is 12.4. The van der Waals surface area contributed by atoms with Crippen molar-refractivity contribution in [3.63, 3.8) is 0 Å². The van der Waals surface area contributed by atoms with Crippen molar-refractivity contribution in [3.05, 3.63) is 10.9 Å². The van der Waals surface area contributed by atoms with E-state index in [4.69, 9.17) is 0 Å². The molecule has 0 radical (unpaired) electrons. The lowest BCUT2D eigenvalue weighted by molar-refractivity contribution is -0.148. The molecule has 1 fully saturated rings. The molecule has 10 heteroatoms. The number of rotatable bonds is 4. The van der Waals surface area contributed by atoms with Crippen LogP contribution in [0.3, 0.4) is 0 Å². The van der Waals surface area contributed by atoms with Crippen LogP contribution in [0.5, 0.6) is 0 Å². The summed E-state index contributed by atoms with van der Waals surface area (Å²) in [5.41, 5.74) is 0.722. The quantitative estimate of drug-likeness (QED) is 0.845. The molecule has 1 N–H and O–H groups in total. The molecule has 1 saturated heterocycles. The highest BCUT2D eigenvalue weighted by molar-refractivity contribution is 9.10. The van der Waals surface area contributed by atoms with E-state index in [-0.39, 0.29) is 0 Å². The van der Waals surface area contributed by atoms with Gasteiger partial charge in [-0.05, 0) is 47.8 Å². The lowest BCUT2D eigenvalue weighted by Gasteiger charge is -2.32. The topological polar surface area (TPSA) is 58.9 Å². The van der Waals surface area contributed by atoms with Crippen LogP contribution in [0.25, 0.3) is 11.0 Å². The molecule has 1 aliphatic rings. The molecule has 0 aromatic carbocycles. The van der Waals surface area contributed by atoms with Crippen molar-refractivity contribution >= 4 is 32.8 Å². The number of nitrogens with zero attached hydrogens (tertiary/aromatic N) is 5. The van der Waals surface area contributed by atoms with Crippen molar-refractivity contribution in [2.24, 2.45) is 13.0 Å². The highest BCUT2D eigenvalue weighted by Gasteiger charge is 2.32. The Balaban J connectivity index is 1.58. The second-order valence-electron chi connectivity index (χ2n) is 6.05. The Kier molecular flexibility index (Phi) is 4.95. The van der Waals surface area contributed by atoms with Crippen LogP contribution in [0, 0.1) is 5.92 Å². The van der Waals surface area contributed by atoms with Gasteiger partial charge in [0, 0.05) is 13.6 Å². The van der Waals surface area contributed by atoms with Gasteiger partial charge in [-0.1, -0.05) is 0 Å². The zero-order valence-electron chi connectivity index (χ0n) is 13.1. The van der Waals surface area contributed by atoms with Crippen molar-refractivity contribution in [3.8, 4) is 0 Å². The van der Waals surface area contributed by atoms with Gasteiger partial charge < -0.3 is 5.32 Å². The molecular formula is C14H18BrF3N6. The largest absolute Gasteiger partial charge is 0.401 e. The van der Waals surface area contributed by atoms with Gasteiger partial charge in [0.15, 0.2) is 5.65 Å². The van der Waals surface area contributed by atoms with Crippen molar-refractivity contribution in [2.75, 3.05) is 31.5 Å². The van der Waals surface area contributed by atoms with Crippen LogP contribution in [-0.2, 0) is 7.05 Å². The molecule has 2 aromatic rings. The Bertz CT molecular complexity index is 708. The van der Waals surface area contributed by atoms with Crippen molar-refractivity contribution in [1.29, 1.82) is 0 Å². The first-order valence-electron chi connectivity index (χ1n) is 7.69. The van der Waals surface area contributed by atoms with Crippen LogP contribution in [0.4, 0.5) is 19.0 Å². The first kappa shape index (κ1) is 17.4. The predicted octanol–water partition coefficient (Wildman–Crippen LogP) is 2.81. The number of halogens is 4. The highest BCUT2D eigenvalue weighted by Crippen LogP contribution is 2.28. The second kappa shape index (κ2) is 6.83. The van der Waals surface area contributed by atoms with Crippen molar-refractivity contribution in [1.82, 2.24) is 24.6 Å². The fourth-order valence-corrected chi connectivity index (χ4v) is 3.62. The van der Waals surface area contributed by atoms with Crippen LogP contribution < -0.4 is 5.32 Å². The minimum Gasteiger partial charge on any atom is -0.369 e. The van der Waals surface area contributed by atoms with E-state index in [1.165, 1.54) is 11.2 Å². The minimum absolute atomic E-state index is 0.329. The third-order valence-corrected chi connectivity index (χ3v) is 4.80. The van der Waals surface area contributed by atoms with Crippen LogP contribution in [-0.4, -0.2) is 57.0 Å². The molecule has 0 unspecified atom stereocenters. The number of likely N-dealkylation sites (tertiary alicyclic amines) is 1. The normalized spacial score (nSPS) is 17.5. The molecule has 0 aliphatic carbocycles. The summed E-state index contributed by atoms with van der Waals surface area (Å²) in [6.45, 7) is 0.804. The number of hydrogen-bond donors (Lipinski definition) is 1. The Hall–Kier alpha value is -1.42. The van der Waals surface area contributed by atoms with Gasteiger partial charge in [0.25, 0.3) is 0 Å². The second-order valence-corrected chi connectivity index (χ2v) is 6.80. The molecule has 132 valence electrons. The highest BCUT2D eigenvalue weighted by atomic mass is 79.9. The molecule has 0 amide bonds. The van der Waals surface area contributed by atoms with Gasteiger partial charge in [-0.15, -0.1) is 0 Å². The summed E-state index contributed by atoms with van der Waals surface area (Å²) in [6.07, 6.45) is -1.16. The molecule has 6 nitrogen and oxygen atoms in total. The van der Waals surface area contributed by atoms with Gasteiger partial charge in [0.05, 0.1) is 11.9 Å². The van der Waals surface area contributed by atoms with Crippen molar-refractivity contribution < 1.29 is 13.2 Å². The van der Waals surface area contributed by atoms with Gasteiger partial charge >= 0.3 is 6.18 Å². The zero-order valence-corrected chi connectivity index (χ0v) is 14.7. The van der Waals surface area contributed by atoms with Gasteiger partial charge in [-0.25, -0.2) is 14.6 Å². The van der Waals surface area contributed by atoms with E-state index in [1.54, 1.807) is 11.7 Å². The van der Waals surface area contributed by atoms with Crippen LogP contribution >= 0.6 is 15.9 Å². The number of fused-ring (bicyclic) bond motifs is 1. The average Bonchev–Trinajstić information content (AvgIpc) is 2.81. The van der Waals surface area contributed by atoms with E-state index in [2.05, 4.69) is 36.3 Å². The van der Waals surface area contributed by atoms with E-state index in [9.17, 15) is 13.2 Å². The molecular weight excluding hydrogens is 389 g/mol. The van der Waals surface area contributed by atoms with Crippen LogP contribution in [0.2, 0.25) is 0 Å². The number of piperidine rings is 1. The van der Waals surface area contributed by atoms with E-state index in [0.29, 0.717) is 36.0 Å². The predicted molar refractivity (Wildman–Crippen MR) is 87.7 cm³/mol. The van der Waals surface area contributed by atoms with Crippen LogP contribution in [0.15, 0.2) is 10.9 Å². The van der Waals surface area contributed by atoms with Crippen LogP contribution in [0.1, 0.15) is 12.8 Å². The summed E-state index contributed by atoms with van der Waals surface area (Å²) >= 11 is 3.41. The smallest absolute Gasteiger partial charge is 0.369 e. The molecule has 0 spiro atoms. The van der Waals surface area contributed by atoms with Crippen molar-refractivity contribution in [2.45, 2.75) is 19.0 Å². The fourth-order valence-electron chi connectivity index (χ4n) is 3.02. The minimum atomic E-state index is -4.12. The maximum Gasteiger partial charge on any atom is 0.401 e. The molecule has 3 rings (SSSR count). The number of aryl methyl sites for hydroxylation is 1. The Labute approximate surface area is 145 Å². The fraction of sp³-hybridized carbons (Fsp3) is 0.643. The Morgan fingerprint density at radius 2 is 2.00 bits per heavy atom. The summed E-state index contributed by atoms with van der Waals surface area (Å²) in [5, 5.41) is 8.38. The molecule has 24 heavy (non-hydrogen) atoms. The van der Waals surface area contributed by atoms with Gasteiger partial charge in [-0.3, -0.25) is 4.90 Å². The summed E-state index contributed by atoms with van der Waals surface area (Å²) in [5.74, 6) is 1.02. The van der Waals surface area contributed by atoms with Gasteiger partial charge in [-0.2, -0.15) is 18.3 Å². The van der Waals surface area contributed by atoms with Gasteiger partial charge in [0.2, 0.25) is 0 Å². The first-order valence-corrected chi connectivity index (χ1v) is 8.49. The summed E-state index contributed by atoms with van der Waals surface area (Å²) < 4.78 is 39.6. The molecule has 3 heterocycles. The lowest BCUT2D eigenvalue weighted by Crippen LogP contribution is -2.41. The Morgan fingerprint density at radius 3 is 2.67 bits per heavy atom. The van der Waals surface area contributed by atoms with E-state index in [0.717, 1.165) is 23.9 Å². The number of hydrogen-bond acceptors (Lipinski definition) is 5. The lowest BCUT2D eigenvalue weighted by atomic mass is 9.97. The average molecular weight is 407 g/mol. The Morgan fingerprint density at radius 1 is 1.29 bits per heavy atom. The first-order chi connectivity index (χ1) is 11.3. The summed E-state index contributed by atoms with van der Waals surface area (Å²) in [6, 6.07) is 0. The third kappa shape index (κ3) is 3.97. The zero-order chi connectivity index (χ0) is 17.3. The molecule has 2 aromatic heterocycles. The standard InChI is InChI=1S/C14H18BrF3N6/c1-23-13-10(11(15)22-23)12(20-8-21-13)19-6-9-2-4-24(5-3-9)7-14(16,17)18/h8-9H,2-7H2,1H3,(H,19,20,21). The molecule has 0 bridgehead atoms. The van der Waals surface area contributed by atoms with Gasteiger partial charge in [0.1, 0.15) is 16.7 Å². The SMILES string of the molecule is Cn1nc(Br)c2c(NCC3CCN(CC(F)(F)F)CC3)ncnc21. The summed E-state index contributed by atoms with van der Waals surface area (Å²) in [4.78, 5) is 9.94. The third-order valence-electron chi connectivity index (χ3n) is 4.25. The van der Waals surface area contributed by atoms with E-state index in [1.807, 2.05) is 0 Å². The molecule has 0 atom stereocenters. The number of nitrogens with one attached hydrogen (secondary N) is 1.